The average Bonchev–Trinajstić information content (AvgIpc) is 2.62. The van der Waals surface area contributed by atoms with Crippen molar-refractivity contribution in [3.63, 3.8) is 0 Å². The largest absolute Gasteiger partial charge is 0.0654 e. The highest BCUT2D eigenvalue weighted by molar-refractivity contribution is 5.27. The zero-order valence-corrected chi connectivity index (χ0v) is 12.6. The third-order valence-corrected chi connectivity index (χ3v) is 6.01. The second-order valence-corrected chi connectivity index (χ2v) is 6.69. The van der Waals surface area contributed by atoms with E-state index < -0.39 is 0 Å². The first-order chi connectivity index (χ1) is 7.38. The first-order valence-corrected chi connectivity index (χ1v) is 7.38. The smallest absolute Gasteiger partial charge is 0.0156 e. The summed E-state index contributed by atoms with van der Waals surface area (Å²) < 4.78 is 0. The average molecular weight is 224 g/mol. The van der Waals surface area contributed by atoms with Crippen molar-refractivity contribution in [1.82, 2.24) is 0 Å². The van der Waals surface area contributed by atoms with Gasteiger partial charge in [-0.3, -0.25) is 0 Å². The lowest BCUT2D eigenvalue weighted by molar-refractivity contribution is 0.209. The quantitative estimate of drug-likeness (QED) is 0.545. The third kappa shape index (κ3) is 1.34. The fraction of sp³-hybridized carbons (Fsp3) is 1.00. The summed E-state index contributed by atoms with van der Waals surface area (Å²) in [6, 6.07) is 0. The Morgan fingerprint density at radius 3 is 1.69 bits per heavy atom. The maximum Gasteiger partial charge on any atom is -0.0156 e. The molecule has 0 heterocycles. The van der Waals surface area contributed by atoms with Crippen molar-refractivity contribution in [2.24, 2.45) is 22.2 Å². The SMILES string of the molecule is CCCC1(CC)C(C)(C)C1(CCC)C(C)C. The van der Waals surface area contributed by atoms with E-state index >= 15 is 0 Å². The van der Waals surface area contributed by atoms with Crippen molar-refractivity contribution in [3.05, 3.63) is 0 Å². The topological polar surface area (TPSA) is 0 Å². The van der Waals surface area contributed by atoms with E-state index in [1.54, 1.807) is 0 Å². The van der Waals surface area contributed by atoms with Gasteiger partial charge in [-0.25, -0.2) is 0 Å². The summed E-state index contributed by atoms with van der Waals surface area (Å²) >= 11 is 0. The third-order valence-electron chi connectivity index (χ3n) is 6.01. The van der Waals surface area contributed by atoms with Gasteiger partial charge in [-0.2, -0.15) is 0 Å². The second-order valence-electron chi connectivity index (χ2n) is 6.69. The first kappa shape index (κ1) is 14.1. The summed E-state index contributed by atoms with van der Waals surface area (Å²) in [5, 5.41) is 0. The zero-order chi connectivity index (χ0) is 12.6. The molecule has 0 bridgehead atoms. The summed E-state index contributed by atoms with van der Waals surface area (Å²) in [6.07, 6.45) is 6.90. The van der Waals surface area contributed by atoms with E-state index in [1.165, 1.54) is 32.1 Å². The van der Waals surface area contributed by atoms with Gasteiger partial charge < -0.3 is 0 Å². The Morgan fingerprint density at radius 2 is 1.38 bits per heavy atom. The molecule has 96 valence electrons. The Balaban J connectivity index is 3.10. The fourth-order valence-corrected chi connectivity index (χ4v) is 5.60. The molecule has 0 N–H and O–H groups in total. The van der Waals surface area contributed by atoms with Crippen LogP contribution in [0.3, 0.4) is 0 Å². The molecule has 0 heteroatoms. The molecule has 2 unspecified atom stereocenters. The number of hydrogen-bond donors (Lipinski definition) is 0. The molecule has 0 aromatic carbocycles. The highest BCUT2D eigenvalue weighted by Gasteiger charge is 2.79. The molecule has 0 aromatic heterocycles. The number of rotatable bonds is 6. The van der Waals surface area contributed by atoms with Crippen LogP contribution >= 0.6 is 0 Å². The molecule has 1 aliphatic carbocycles. The Kier molecular flexibility index (Phi) is 3.82. The molecule has 0 amide bonds. The number of hydrogen-bond acceptors (Lipinski definition) is 0. The molecule has 0 nitrogen and oxygen atoms in total. The highest BCUT2D eigenvalue weighted by Crippen LogP contribution is 2.85. The Bertz CT molecular complexity index is 238. The Hall–Kier alpha value is 0. The van der Waals surface area contributed by atoms with Crippen LogP contribution in [-0.2, 0) is 0 Å². The van der Waals surface area contributed by atoms with Crippen LogP contribution in [0.2, 0.25) is 0 Å². The molecule has 1 rings (SSSR count). The minimum absolute atomic E-state index is 0.551. The van der Waals surface area contributed by atoms with E-state index in [9.17, 15) is 0 Å². The molecule has 1 aliphatic rings. The van der Waals surface area contributed by atoms with Crippen LogP contribution in [0.1, 0.15) is 80.6 Å². The van der Waals surface area contributed by atoms with Crippen LogP contribution in [0.5, 0.6) is 0 Å². The minimum atomic E-state index is 0.551. The standard InChI is InChI=1S/C16H32/c1-8-11-15(10-3)14(6,7)16(15,12-9-2)13(4)5/h13H,8-12H2,1-7H3. The van der Waals surface area contributed by atoms with Crippen LogP contribution in [0.15, 0.2) is 0 Å². The molecule has 1 saturated carbocycles. The van der Waals surface area contributed by atoms with Crippen LogP contribution in [0.25, 0.3) is 0 Å². The molecular formula is C16H32. The van der Waals surface area contributed by atoms with Crippen LogP contribution < -0.4 is 0 Å². The highest BCUT2D eigenvalue weighted by atomic mass is 14.8. The lowest BCUT2D eigenvalue weighted by atomic mass is 9.76. The molecule has 0 aliphatic heterocycles. The monoisotopic (exact) mass is 224 g/mol. The Morgan fingerprint density at radius 1 is 0.875 bits per heavy atom. The van der Waals surface area contributed by atoms with E-state index in [-0.39, 0.29) is 0 Å². The van der Waals surface area contributed by atoms with Gasteiger partial charge in [0.05, 0.1) is 0 Å². The van der Waals surface area contributed by atoms with Gasteiger partial charge in [-0.15, -0.1) is 0 Å². The van der Waals surface area contributed by atoms with Gasteiger partial charge in [0.1, 0.15) is 0 Å². The lowest BCUT2D eigenvalue weighted by Crippen LogP contribution is -2.20. The minimum Gasteiger partial charge on any atom is -0.0654 e. The molecule has 1 fully saturated rings. The predicted octanol–water partition coefficient (Wildman–Crippen LogP) is 5.67. The zero-order valence-electron chi connectivity index (χ0n) is 12.6. The summed E-state index contributed by atoms with van der Waals surface area (Å²) in [5.41, 5.74) is 1.79. The van der Waals surface area contributed by atoms with Crippen molar-refractivity contribution in [3.8, 4) is 0 Å². The van der Waals surface area contributed by atoms with E-state index in [2.05, 4.69) is 48.5 Å². The molecular weight excluding hydrogens is 192 g/mol. The molecule has 0 aromatic rings. The normalized spacial score (nSPS) is 36.8. The van der Waals surface area contributed by atoms with Gasteiger partial charge in [0.25, 0.3) is 0 Å². The Labute approximate surface area is 103 Å². The summed E-state index contributed by atoms with van der Waals surface area (Å²) in [5.74, 6) is 0.828. The molecule has 0 radical (unpaired) electrons. The van der Waals surface area contributed by atoms with E-state index in [1.807, 2.05) is 0 Å². The van der Waals surface area contributed by atoms with E-state index in [0.717, 1.165) is 5.92 Å². The summed E-state index contributed by atoms with van der Waals surface area (Å²) in [7, 11) is 0. The van der Waals surface area contributed by atoms with Crippen molar-refractivity contribution in [1.29, 1.82) is 0 Å². The molecule has 0 saturated heterocycles. The molecule has 2 atom stereocenters. The van der Waals surface area contributed by atoms with Gasteiger partial charge >= 0.3 is 0 Å². The second kappa shape index (κ2) is 4.35. The van der Waals surface area contributed by atoms with Crippen LogP contribution in [-0.4, -0.2) is 0 Å². The van der Waals surface area contributed by atoms with Gasteiger partial charge in [-0.1, -0.05) is 61.3 Å². The fourth-order valence-electron chi connectivity index (χ4n) is 5.60. The van der Waals surface area contributed by atoms with Crippen molar-refractivity contribution in [2.45, 2.75) is 80.6 Å². The maximum absolute atomic E-state index is 2.53. The van der Waals surface area contributed by atoms with E-state index in [4.69, 9.17) is 0 Å². The van der Waals surface area contributed by atoms with E-state index in [0.29, 0.717) is 16.2 Å². The predicted molar refractivity (Wildman–Crippen MR) is 73.6 cm³/mol. The van der Waals surface area contributed by atoms with Gasteiger partial charge in [0.15, 0.2) is 0 Å². The van der Waals surface area contributed by atoms with Gasteiger partial charge in [-0.05, 0) is 41.4 Å². The summed E-state index contributed by atoms with van der Waals surface area (Å²) in [4.78, 5) is 0. The van der Waals surface area contributed by atoms with Crippen molar-refractivity contribution < 1.29 is 0 Å². The van der Waals surface area contributed by atoms with Gasteiger partial charge in [0.2, 0.25) is 0 Å². The molecule has 16 heavy (non-hydrogen) atoms. The lowest BCUT2D eigenvalue weighted by Gasteiger charge is -2.28. The maximum atomic E-state index is 2.53. The van der Waals surface area contributed by atoms with Crippen LogP contribution in [0.4, 0.5) is 0 Å². The van der Waals surface area contributed by atoms with Crippen molar-refractivity contribution in [2.75, 3.05) is 0 Å². The van der Waals surface area contributed by atoms with Crippen molar-refractivity contribution >= 4 is 0 Å². The molecule has 0 spiro atoms. The van der Waals surface area contributed by atoms with Gasteiger partial charge in [0, 0.05) is 0 Å². The summed E-state index contributed by atoms with van der Waals surface area (Å²) in [6.45, 7) is 17.1. The first-order valence-electron chi connectivity index (χ1n) is 7.38. The van der Waals surface area contributed by atoms with Crippen LogP contribution in [0, 0.1) is 22.2 Å².